The smallest absolute Gasteiger partial charge is 0.345 e. The number of nitrogens with zero attached hydrogens (tertiary/aromatic N) is 2. The first kappa shape index (κ1) is 60.2. The summed E-state index contributed by atoms with van der Waals surface area (Å²) in [5.74, 6) is -2.28. The van der Waals surface area contributed by atoms with Crippen molar-refractivity contribution >= 4 is 62.2 Å². The molecule has 0 unspecified atom stereocenters. The average Bonchev–Trinajstić information content (AvgIpc) is 3.17. The summed E-state index contributed by atoms with van der Waals surface area (Å²) >= 11 is 5.47. The lowest BCUT2D eigenvalue weighted by molar-refractivity contribution is -0.385. The molecule has 0 saturated carbocycles. The second-order valence-corrected chi connectivity index (χ2v) is 18.6. The lowest BCUT2D eigenvalue weighted by Crippen LogP contribution is -2.43. The van der Waals surface area contributed by atoms with Gasteiger partial charge in [-0.15, -0.1) is 0 Å². The largest absolute Gasteiger partial charge is 0.508 e. The summed E-state index contributed by atoms with van der Waals surface area (Å²) in [6, 6.07) is 5.89. The lowest BCUT2D eigenvalue weighted by Gasteiger charge is -2.26. The van der Waals surface area contributed by atoms with E-state index in [0.29, 0.717) is 0 Å². The highest BCUT2D eigenvalue weighted by atomic mass is 35.5. The van der Waals surface area contributed by atoms with Crippen LogP contribution in [0.5, 0.6) is 11.5 Å². The topological polar surface area (TPSA) is 322 Å². The van der Waals surface area contributed by atoms with Gasteiger partial charge < -0.3 is 28.8 Å². The van der Waals surface area contributed by atoms with Crippen molar-refractivity contribution in [2.75, 3.05) is 12.9 Å². The van der Waals surface area contributed by atoms with Gasteiger partial charge in [-0.1, -0.05) is 11.6 Å². The van der Waals surface area contributed by atoms with Crippen LogP contribution >= 0.6 is 26.9 Å². The molecule has 65 heavy (non-hydrogen) atoms. The number of hydrogen-bond acceptors (Lipinski definition) is 18. The first-order chi connectivity index (χ1) is 30.0. The highest BCUT2D eigenvalue weighted by molar-refractivity contribution is 7.55. The second kappa shape index (κ2) is 29.7. The molecule has 27 heteroatoms. The molecule has 0 aromatic heterocycles. The maximum atomic E-state index is 13.3. The number of nitro groups is 2. The van der Waals surface area contributed by atoms with Crippen molar-refractivity contribution in [2.45, 2.75) is 132 Å². The molecule has 368 valence electrons. The fourth-order valence-corrected chi connectivity index (χ4v) is 7.93. The Morgan fingerprint density at radius 2 is 0.831 bits per heavy atom. The predicted molar refractivity (Wildman–Crippen MR) is 237 cm³/mol. The van der Waals surface area contributed by atoms with Crippen molar-refractivity contribution in [3.05, 3.63) is 68.8 Å². The molecule has 0 saturated heterocycles. The van der Waals surface area contributed by atoms with Gasteiger partial charge in [0, 0.05) is 24.3 Å². The number of alkyl halides is 1. The third-order valence-electron chi connectivity index (χ3n) is 7.07. The Morgan fingerprint density at radius 3 is 1.09 bits per heavy atom. The summed E-state index contributed by atoms with van der Waals surface area (Å²) < 4.78 is 61.8. The van der Waals surface area contributed by atoms with Gasteiger partial charge in [-0.05, 0) is 107 Å². The van der Waals surface area contributed by atoms with Crippen molar-refractivity contribution in [1.29, 1.82) is 0 Å². The van der Waals surface area contributed by atoms with Crippen molar-refractivity contribution in [1.82, 2.24) is 20.3 Å². The number of carbonyl (C=O) groups excluding carboxylic acids is 4. The average molecular weight is 987 g/mol. The zero-order chi connectivity index (χ0) is 50.2. The van der Waals surface area contributed by atoms with Gasteiger partial charge in [0.1, 0.15) is 41.7 Å². The highest BCUT2D eigenvalue weighted by Gasteiger charge is 2.35. The van der Waals surface area contributed by atoms with Crippen LogP contribution in [-0.4, -0.2) is 100 Å². The van der Waals surface area contributed by atoms with Crippen LogP contribution in [0.3, 0.4) is 0 Å². The normalized spacial score (nSPS) is 13.2. The number of phenolic OH excluding ortho intramolecular Hbond substituents is 1. The standard InChI is InChI=1S/C19H30N3O9P.C13H26ClN2O6P.C6H5NO3/c1-12(2)30-18(23)14(5)20-32(27,21-15(6)19(24)31-13(3)4)29-11-28-17-9-7-16(8-10-17)22(25)26;1-8(2)21-12(17)10(5)15-23(19,20-7-14)16-11(6)13(18)22-9(3)4;8-6-3-1-5(2-4-6)7(9)10/h7-10,12-15H,11H2,1-6H3,(H2,20,21,27);8-11H,7H2,1-6H3,(H2,15,16,19);1-4,8H/t14-,15-;10-,11-;/m00./s1. The minimum Gasteiger partial charge on any atom is -0.508 e. The molecule has 0 amide bonds. The first-order valence-electron chi connectivity index (χ1n) is 19.8. The molecule has 0 bridgehead atoms. The zero-order valence-electron chi connectivity index (χ0n) is 38.2. The second-order valence-electron chi connectivity index (χ2n) is 14.6. The number of halogens is 1. The molecule has 0 aliphatic heterocycles. The number of nitro benzene ring substituents is 2. The van der Waals surface area contributed by atoms with Crippen molar-refractivity contribution in [2.24, 2.45) is 0 Å². The molecule has 0 spiro atoms. The molecule has 5 N–H and O–H groups in total. The van der Waals surface area contributed by atoms with Crippen LogP contribution in [0.4, 0.5) is 11.4 Å². The van der Waals surface area contributed by atoms with Gasteiger partial charge in [0.15, 0.2) is 6.79 Å². The summed E-state index contributed by atoms with van der Waals surface area (Å²) in [5.41, 5.74) is -0.139. The predicted octanol–water partition coefficient (Wildman–Crippen LogP) is 6.38. The Balaban J connectivity index is 0.00000107. The summed E-state index contributed by atoms with van der Waals surface area (Å²) in [5, 5.41) is 39.5. The molecule has 0 aliphatic carbocycles. The highest BCUT2D eigenvalue weighted by Crippen LogP contribution is 2.40. The first-order valence-corrected chi connectivity index (χ1v) is 23.6. The molecule has 2 rings (SSSR count). The van der Waals surface area contributed by atoms with E-state index in [1.165, 1.54) is 76.2 Å². The van der Waals surface area contributed by atoms with Crippen LogP contribution in [0.15, 0.2) is 48.5 Å². The lowest BCUT2D eigenvalue weighted by atomic mass is 10.3. The summed E-state index contributed by atoms with van der Waals surface area (Å²) in [7, 11) is -7.78. The van der Waals surface area contributed by atoms with Gasteiger partial charge in [-0.25, -0.2) is 20.3 Å². The van der Waals surface area contributed by atoms with Crippen molar-refractivity contribution < 1.29 is 76.0 Å². The van der Waals surface area contributed by atoms with E-state index >= 15 is 0 Å². The molecule has 0 aliphatic rings. The fraction of sp³-hybridized carbons (Fsp3) is 0.579. The molecule has 0 fully saturated rings. The molecule has 2 aromatic rings. The van der Waals surface area contributed by atoms with E-state index in [9.17, 15) is 48.5 Å². The number of aromatic hydroxyl groups is 1. The summed E-state index contributed by atoms with van der Waals surface area (Å²) in [6.07, 6.45) is -1.39. The van der Waals surface area contributed by atoms with Crippen LogP contribution < -0.4 is 25.1 Å². The Bertz CT molecular complexity index is 1860. The van der Waals surface area contributed by atoms with Gasteiger partial charge in [-0.2, -0.15) is 0 Å². The minimum absolute atomic E-state index is 0.0159. The van der Waals surface area contributed by atoms with Gasteiger partial charge in [0.2, 0.25) is 0 Å². The van der Waals surface area contributed by atoms with Crippen LogP contribution in [0.25, 0.3) is 0 Å². The Hall–Kier alpha value is -4.77. The number of benzene rings is 2. The van der Waals surface area contributed by atoms with Crippen LogP contribution in [0, 0.1) is 20.2 Å². The fourth-order valence-electron chi connectivity index (χ4n) is 4.27. The van der Waals surface area contributed by atoms with E-state index in [1.54, 1.807) is 55.4 Å². The number of non-ortho nitro benzene ring substituents is 2. The van der Waals surface area contributed by atoms with E-state index in [-0.39, 0.29) is 47.3 Å². The number of carbonyl (C=O) groups is 4. The Morgan fingerprint density at radius 1 is 0.554 bits per heavy atom. The number of phenols is 1. The van der Waals surface area contributed by atoms with Crippen LogP contribution in [0.2, 0.25) is 0 Å². The molecule has 0 heterocycles. The SMILES string of the molecule is CC(C)OC(=O)[C@H](C)NP(=O)(N[C@@H](C)C(=O)OC(C)C)OCCl.CC(C)OC(=O)[C@H](C)NP(=O)(N[C@@H](C)C(=O)OC(C)C)OCOc1ccc([N+](=O)[O-])cc1.O=[N+]([O-])c1ccc(O)cc1. The number of esters is 4. The maximum absolute atomic E-state index is 13.3. The zero-order valence-corrected chi connectivity index (χ0v) is 40.8. The molecule has 2 aromatic carbocycles. The Labute approximate surface area is 382 Å². The van der Waals surface area contributed by atoms with Crippen LogP contribution in [-0.2, 0) is 56.3 Å². The van der Waals surface area contributed by atoms with E-state index in [1.807, 2.05) is 0 Å². The minimum atomic E-state index is -4.02. The third kappa shape index (κ3) is 26.1. The summed E-state index contributed by atoms with van der Waals surface area (Å²) in [4.78, 5) is 67.5. The van der Waals surface area contributed by atoms with E-state index in [2.05, 4.69) is 20.3 Å². The Kier molecular flexibility index (Phi) is 27.5. The van der Waals surface area contributed by atoms with Crippen molar-refractivity contribution in [3.8, 4) is 11.5 Å². The molecule has 4 atom stereocenters. The molecule has 24 nitrogen and oxygen atoms in total. The van der Waals surface area contributed by atoms with Crippen molar-refractivity contribution in [3.63, 3.8) is 0 Å². The quantitative estimate of drug-likeness (QED) is 0.0145. The third-order valence-corrected chi connectivity index (χ3v) is 11.2. The van der Waals surface area contributed by atoms with Gasteiger partial charge >= 0.3 is 39.2 Å². The van der Waals surface area contributed by atoms with Gasteiger partial charge in [-0.3, -0.25) is 57.6 Å². The van der Waals surface area contributed by atoms with Crippen LogP contribution in [0.1, 0.15) is 83.1 Å². The van der Waals surface area contributed by atoms with Gasteiger partial charge in [0.05, 0.1) is 34.3 Å². The monoisotopic (exact) mass is 986 g/mol. The number of rotatable bonds is 24. The van der Waals surface area contributed by atoms with Gasteiger partial charge in [0.25, 0.3) is 11.4 Å². The molecule has 0 radical (unpaired) electrons. The number of hydrogen-bond donors (Lipinski definition) is 5. The molecular formula is C38H61ClN6O18P2. The molecular weight excluding hydrogens is 926 g/mol. The van der Waals surface area contributed by atoms with E-state index in [4.69, 9.17) is 49.4 Å². The number of nitrogens with one attached hydrogen (secondary N) is 4. The van der Waals surface area contributed by atoms with E-state index in [0.717, 1.165) is 0 Å². The maximum Gasteiger partial charge on any atom is 0.345 e. The number of ether oxygens (including phenoxy) is 5. The van der Waals surface area contributed by atoms with E-state index < -0.39 is 86.1 Å². The summed E-state index contributed by atoms with van der Waals surface area (Å²) in [6.45, 7) is 18.7.